The Kier molecular flexibility index (Phi) is 4.77. The number of rotatable bonds is 4. The Morgan fingerprint density at radius 2 is 1.93 bits per heavy atom. The highest BCUT2D eigenvalue weighted by Crippen LogP contribution is 2.33. The summed E-state index contributed by atoms with van der Waals surface area (Å²) in [6, 6.07) is 13.2. The normalized spacial score (nSPS) is 19.5. The van der Waals surface area contributed by atoms with Crippen molar-refractivity contribution in [2.75, 3.05) is 27.3 Å². The Bertz CT molecular complexity index is 967. The molecule has 2 aliphatic heterocycles. The SMILES string of the molecule is COc1ccc(C(=O)/C=C2\NCC3c4ccccc4CCN3C2=O)cc1OC. The maximum atomic E-state index is 13.0. The van der Waals surface area contributed by atoms with Crippen molar-refractivity contribution in [2.24, 2.45) is 0 Å². The maximum absolute atomic E-state index is 13.0. The number of amides is 1. The van der Waals surface area contributed by atoms with Crippen LogP contribution in [0.4, 0.5) is 0 Å². The Morgan fingerprint density at radius 3 is 2.71 bits per heavy atom. The van der Waals surface area contributed by atoms with Gasteiger partial charge in [-0.05, 0) is 35.7 Å². The molecule has 6 nitrogen and oxygen atoms in total. The first-order chi connectivity index (χ1) is 13.6. The molecule has 0 saturated carbocycles. The lowest BCUT2D eigenvalue weighted by Gasteiger charge is -2.41. The molecule has 2 aromatic carbocycles. The topological polar surface area (TPSA) is 67.9 Å². The molecule has 6 heteroatoms. The van der Waals surface area contributed by atoms with Crippen LogP contribution in [0.25, 0.3) is 0 Å². The van der Waals surface area contributed by atoms with E-state index in [9.17, 15) is 9.59 Å². The molecular formula is C22H22N2O4. The van der Waals surface area contributed by atoms with Crippen molar-refractivity contribution >= 4 is 11.7 Å². The summed E-state index contributed by atoms with van der Waals surface area (Å²) in [4.78, 5) is 27.5. The van der Waals surface area contributed by atoms with Crippen LogP contribution in [0.15, 0.2) is 54.2 Å². The molecule has 0 aromatic heterocycles. The van der Waals surface area contributed by atoms with Crippen LogP contribution < -0.4 is 14.8 Å². The molecule has 1 atom stereocenters. The number of carbonyl (C=O) groups is 2. The van der Waals surface area contributed by atoms with Gasteiger partial charge in [-0.25, -0.2) is 0 Å². The summed E-state index contributed by atoms with van der Waals surface area (Å²) in [6.45, 7) is 1.25. The van der Waals surface area contributed by atoms with Gasteiger partial charge in [-0.1, -0.05) is 24.3 Å². The van der Waals surface area contributed by atoms with Gasteiger partial charge in [0, 0.05) is 24.7 Å². The van der Waals surface area contributed by atoms with E-state index in [1.807, 2.05) is 17.0 Å². The van der Waals surface area contributed by atoms with Crippen LogP contribution in [-0.4, -0.2) is 43.9 Å². The highest BCUT2D eigenvalue weighted by Gasteiger charge is 2.36. The summed E-state index contributed by atoms with van der Waals surface area (Å²) >= 11 is 0. The monoisotopic (exact) mass is 378 g/mol. The van der Waals surface area contributed by atoms with Crippen LogP contribution in [-0.2, 0) is 11.2 Å². The first-order valence-corrected chi connectivity index (χ1v) is 9.23. The quantitative estimate of drug-likeness (QED) is 0.654. The number of hydrogen-bond acceptors (Lipinski definition) is 5. The van der Waals surface area contributed by atoms with Gasteiger partial charge >= 0.3 is 0 Å². The maximum Gasteiger partial charge on any atom is 0.270 e. The highest BCUT2D eigenvalue weighted by molar-refractivity contribution is 6.10. The van der Waals surface area contributed by atoms with E-state index >= 15 is 0 Å². The zero-order chi connectivity index (χ0) is 19.7. The molecule has 1 amide bonds. The van der Waals surface area contributed by atoms with Crippen molar-refractivity contribution in [3.8, 4) is 11.5 Å². The fourth-order valence-corrected chi connectivity index (χ4v) is 3.87. The Balaban J connectivity index is 1.57. The summed E-state index contributed by atoms with van der Waals surface area (Å²) in [5.74, 6) is 0.628. The smallest absolute Gasteiger partial charge is 0.270 e. The molecule has 2 heterocycles. The van der Waals surface area contributed by atoms with Crippen molar-refractivity contribution < 1.29 is 19.1 Å². The third-order valence-electron chi connectivity index (χ3n) is 5.33. The minimum atomic E-state index is -0.257. The summed E-state index contributed by atoms with van der Waals surface area (Å²) < 4.78 is 10.5. The predicted molar refractivity (Wildman–Crippen MR) is 105 cm³/mol. The fraction of sp³-hybridized carbons (Fsp3) is 0.273. The number of ether oxygens (including phenoxy) is 2. The molecule has 28 heavy (non-hydrogen) atoms. The van der Waals surface area contributed by atoms with Crippen LogP contribution in [0.1, 0.15) is 27.5 Å². The second-order valence-corrected chi connectivity index (χ2v) is 6.84. The molecule has 0 bridgehead atoms. The number of piperazine rings is 1. The van der Waals surface area contributed by atoms with Crippen LogP contribution in [0.3, 0.4) is 0 Å². The van der Waals surface area contributed by atoms with Gasteiger partial charge in [0.2, 0.25) is 0 Å². The molecule has 2 aromatic rings. The molecule has 1 unspecified atom stereocenters. The van der Waals surface area contributed by atoms with E-state index in [1.165, 1.54) is 24.3 Å². The molecule has 144 valence electrons. The number of carbonyl (C=O) groups excluding carboxylic acids is 2. The number of benzene rings is 2. The third-order valence-corrected chi connectivity index (χ3v) is 5.33. The highest BCUT2D eigenvalue weighted by atomic mass is 16.5. The molecule has 1 fully saturated rings. The molecule has 1 N–H and O–H groups in total. The number of allylic oxidation sites excluding steroid dienone is 1. The Labute approximate surface area is 163 Å². The van der Waals surface area contributed by atoms with Crippen LogP contribution in [0.2, 0.25) is 0 Å². The number of ketones is 1. The lowest BCUT2D eigenvalue weighted by atomic mass is 9.90. The standard InChI is InChI=1S/C22H22N2O4/c1-27-20-8-7-15(11-21(20)28-2)19(25)12-17-22(26)24-10-9-14-5-3-4-6-16(14)18(24)13-23-17/h3-8,11-12,18,23H,9-10,13H2,1-2H3/b17-12-. The number of fused-ring (bicyclic) bond motifs is 3. The van der Waals surface area contributed by atoms with Crippen molar-refractivity contribution in [1.82, 2.24) is 10.2 Å². The van der Waals surface area contributed by atoms with E-state index in [0.717, 1.165) is 6.42 Å². The molecule has 0 spiro atoms. The van der Waals surface area contributed by atoms with Gasteiger partial charge < -0.3 is 19.7 Å². The predicted octanol–water partition coefficient (Wildman–Crippen LogP) is 2.50. The van der Waals surface area contributed by atoms with Crippen LogP contribution >= 0.6 is 0 Å². The number of hydrogen-bond donors (Lipinski definition) is 1. The molecule has 0 aliphatic carbocycles. The van der Waals surface area contributed by atoms with Gasteiger partial charge in [0.25, 0.3) is 5.91 Å². The number of nitrogens with zero attached hydrogens (tertiary/aromatic N) is 1. The largest absolute Gasteiger partial charge is 0.493 e. The van der Waals surface area contributed by atoms with E-state index in [4.69, 9.17) is 9.47 Å². The van der Waals surface area contributed by atoms with E-state index in [-0.39, 0.29) is 17.7 Å². The number of methoxy groups -OCH3 is 2. The third kappa shape index (κ3) is 3.11. The first-order valence-electron chi connectivity index (χ1n) is 9.23. The molecule has 2 aliphatic rings. The Morgan fingerprint density at radius 1 is 1.14 bits per heavy atom. The molecule has 4 rings (SSSR count). The first kappa shape index (κ1) is 18.1. The van der Waals surface area contributed by atoms with E-state index in [2.05, 4.69) is 17.4 Å². The average Bonchev–Trinajstić information content (AvgIpc) is 2.74. The van der Waals surface area contributed by atoms with Crippen molar-refractivity contribution in [2.45, 2.75) is 12.5 Å². The molecule has 0 radical (unpaired) electrons. The average molecular weight is 378 g/mol. The van der Waals surface area contributed by atoms with E-state index < -0.39 is 0 Å². The van der Waals surface area contributed by atoms with Gasteiger partial charge in [0.15, 0.2) is 17.3 Å². The van der Waals surface area contributed by atoms with Gasteiger partial charge in [0.05, 0.1) is 20.3 Å². The summed E-state index contributed by atoms with van der Waals surface area (Å²) in [5.41, 5.74) is 3.23. The summed E-state index contributed by atoms with van der Waals surface area (Å²) in [7, 11) is 3.06. The van der Waals surface area contributed by atoms with Crippen molar-refractivity contribution in [1.29, 1.82) is 0 Å². The van der Waals surface area contributed by atoms with E-state index in [0.29, 0.717) is 35.8 Å². The van der Waals surface area contributed by atoms with Gasteiger partial charge in [-0.15, -0.1) is 0 Å². The summed E-state index contributed by atoms with van der Waals surface area (Å²) in [5, 5.41) is 3.15. The minimum Gasteiger partial charge on any atom is -0.493 e. The lowest BCUT2D eigenvalue weighted by molar-refractivity contribution is -0.132. The van der Waals surface area contributed by atoms with Gasteiger partial charge in [-0.3, -0.25) is 9.59 Å². The van der Waals surface area contributed by atoms with Crippen molar-refractivity contribution in [3.63, 3.8) is 0 Å². The zero-order valence-corrected chi connectivity index (χ0v) is 15.9. The Hall–Kier alpha value is -3.28. The second-order valence-electron chi connectivity index (χ2n) is 6.84. The molecular weight excluding hydrogens is 356 g/mol. The van der Waals surface area contributed by atoms with Gasteiger partial charge in [0.1, 0.15) is 5.70 Å². The number of nitrogens with one attached hydrogen (secondary N) is 1. The fourth-order valence-electron chi connectivity index (χ4n) is 3.87. The second kappa shape index (κ2) is 7.38. The molecule has 1 saturated heterocycles. The van der Waals surface area contributed by atoms with Crippen LogP contribution in [0, 0.1) is 0 Å². The zero-order valence-electron chi connectivity index (χ0n) is 15.9. The van der Waals surface area contributed by atoms with Gasteiger partial charge in [-0.2, -0.15) is 0 Å². The van der Waals surface area contributed by atoms with Crippen molar-refractivity contribution in [3.05, 3.63) is 70.9 Å². The lowest BCUT2D eigenvalue weighted by Crippen LogP contribution is -2.51. The minimum absolute atomic E-state index is 0.00535. The van der Waals surface area contributed by atoms with E-state index in [1.54, 1.807) is 25.3 Å². The van der Waals surface area contributed by atoms with Crippen LogP contribution in [0.5, 0.6) is 11.5 Å². The summed E-state index contributed by atoms with van der Waals surface area (Å²) in [6.07, 6.45) is 2.20.